The molecule has 1 fully saturated rings. The number of halogens is 1. The van der Waals surface area contributed by atoms with Crippen molar-refractivity contribution in [1.82, 2.24) is 5.32 Å². The van der Waals surface area contributed by atoms with E-state index in [1.807, 2.05) is 31.2 Å². The van der Waals surface area contributed by atoms with E-state index in [0.717, 1.165) is 12.8 Å². The van der Waals surface area contributed by atoms with Crippen LogP contribution >= 0.6 is 11.6 Å². The van der Waals surface area contributed by atoms with Crippen molar-refractivity contribution in [3.05, 3.63) is 64.7 Å². The average molecular weight is 374 g/mol. The van der Waals surface area contributed by atoms with Gasteiger partial charge < -0.3 is 14.8 Å². The van der Waals surface area contributed by atoms with Crippen LogP contribution in [-0.2, 0) is 10.2 Å². The Balaban J connectivity index is 1.74. The largest absolute Gasteiger partial charge is 0.494 e. The molecule has 0 radical (unpaired) electrons. The van der Waals surface area contributed by atoms with Gasteiger partial charge in [0.15, 0.2) is 0 Å². The van der Waals surface area contributed by atoms with Gasteiger partial charge in [0.2, 0.25) is 0 Å². The summed E-state index contributed by atoms with van der Waals surface area (Å²) >= 11 is 6.04. The average Bonchev–Trinajstić information content (AvgIpc) is 2.68. The first-order chi connectivity index (χ1) is 12.6. The van der Waals surface area contributed by atoms with Crippen LogP contribution in [0.25, 0.3) is 0 Å². The standard InChI is InChI=1S/C21H24ClNO3/c1-2-26-19-5-3-4-16(14-19)20(24)23-15-21(10-12-25-13-11-21)17-6-8-18(22)9-7-17/h3-9,14H,2,10-13,15H2,1H3,(H,23,24). The summed E-state index contributed by atoms with van der Waals surface area (Å²) in [7, 11) is 0. The fourth-order valence-electron chi connectivity index (χ4n) is 3.38. The number of ether oxygens (including phenoxy) is 2. The SMILES string of the molecule is CCOc1cccc(C(=O)NCC2(c3ccc(Cl)cc3)CCOCC2)c1. The minimum Gasteiger partial charge on any atom is -0.494 e. The topological polar surface area (TPSA) is 47.6 Å². The molecule has 1 amide bonds. The summed E-state index contributed by atoms with van der Waals surface area (Å²) in [5.41, 5.74) is 1.67. The van der Waals surface area contributed by atoms with Crippen molar-refractivity contribution in [1.29, 1.82) is 0 Å². The molecule has 2 aromatic rings. The molecule has 4 nitrogen and oxygen atoms in total. The van der Waals surface area contributed by atoms with Crippen molar-refractivity contribution >= 4 is 17.5 Å². The van der Waals surface area contributed by atoms with Crippen LogP contribution in [0.1, 0.15) is 35.7 Å². The number of hydrogen-bond donors (Lipinski definition) is 1. The number of benzene rings is 2. The van der Waals surface area contributed by atoms with Gasteiger partial charge in [0, 0.05) is 35.8 Å². The third kappa shape index (κ3) is 4.37. The smallest absolute Gasteiger partial charge is 0.251 e. The predicted molar refractivity (Wildman–Crippen MR) is 103 cm³/mol. The minimum atomic E-state index is -0.129. The van der Waals surface area contributed by atoms with Crippen LogP contribution in [0.2, 0.25) is 5.02 Å². The lowest BCUT2D eigenvalue weighted by Crippen LogP contribution is -2.44. The van der Waals surface area contributed by atoms with Gasteiger partial charge in [-0.1, -0.05) is 29.8 Å². The van der Waals surface area contributed by atoms with Crippen LogP contribution in [0.4, 0.5) is 0 Å². The van der Waals surface area contributed by atoms with Crippen molar-refractivity contribution in [3.8, 4) is 5.75 Å². The molecule has 1 aliphatic rings. The molecule has 26 heavy (non-hydrogen) atoms. The van der Waals surface area contributed by atoms with Gasteiger partial charge in [-0.25, -0.2) is 0 Å². The van der Waals surface area contributed by atoms with Crippen molar-refractivity contribution in [2.24, 2.45) is 0 Å². The number of amides is 1. The molecule has 0 saturated carbocycles. The summed E-state index contributed by atoms with van der Waals surface area (Å²) in [6.45, 7) is 4.45. The van der Waals surface area contributed by atoms with Gasteiger partial charge in [-0.2, -0.15) is 0 Å². The first-order valence-corrected chi connectivity index (χ1v) is 9.36. The highest BCUT2D eigenvalue weighted by Crippen LogP contribution is 2.35. The van der Waals surface area contributed by atoms with Crippen LogP contribution in [0.3, 0.4) is 0 Å². The van der Waals surface area contributed by atoms with Gasteiger partial charge in [0.25, 0.3) is 5.91 Å². The maximum atomic E-state index is 12.7. The monoisotopic (exact) mass is 373 g/mol. The molecule has 0 bridgehead atoms. The third-order valence-corrected chi connectivity index (χ3v) is 5.15. The lowest BCUT2D eigenvalue weighted by molar-refractivity contribution is 0.0487. The Morgan fingerprint density at radius 2 is 1.92 bits per heavy atom. The predicted octanol–water partition coefficient (Wildman–Crippen LogP) is 4.22. The molecule has 0 spiro atoms. The van der Waals surface area contributed by atoms with E-state index in [1.165, 1.54) is 5.56 Å². The Morgan fingerprint density at radius 1 is 1.19 bits per heavy atom. The summed E-state index contributed by atoms with van der Waals surface area (Å²) in [5, 5.41) is 3.82. The molecule has 1 heterocycles. The van der Waals surface area contributed by atoms with Crippen LogP contribution in [0.5, 0.6) is 5.75 Å². The summed E-state index contributed by atoms with van der Waals surface area (Å²) in [6, 6.07) is 15.2. The Morgan fingerprint density at radius 3 is 2.62 bits per heavy atom. The van der Waals surface area contributed by atoms with Gasteiger partial charge in [-0.15, -0.1) is 0 Å². The number of carbonyl (C=O) groups excluding carboxylic acids is 1. The quantitative estimate of drug-likeness (QED) is 0.824. The summed E-state index contributed by atoms with van der Waals surface area (Å²) in [4.78, 5) is 12.7. The number of nitrogens with one attached hydrogen (secondary N) is 1. The van der Waals surface area contributed by atoms with E-state index < -0.39 is 0 Å². The Labute approximate surface area is 159 Å². The van der Waals surface area contributed by atoms with Gasteiger partial charge in [0.1, 0.15) is 5.75 Å². The molecule has 0 aromatic heterocycles. The normalized spacial score (nSPS) is 16.1. The zero-order valence-corrected chi connectivity index (χ0v) is 15.7. The molecule has 1 aliphatic heterocycles. The van der Waals surface area contributed by atoms with Crippen molar-refractivity contribution in [3.63, 3.8) is 0 Å². The molecular formula is C21H24ClNO3. The Bertz CT molecular complexity index is 739. The van der Waals surface area contributed by atoms with Crippen LogP contribution in [0, 0.1) is 0 Å². The number of hydrogen-bond acceptors (Lipinski definition) is 3. The van der Waals surface area contributed by atoms with E-state index in [1.54, 1.807) is 12.1 Å². The van der Waals surface area contributed by atoms with E-state index >= 15 is 0 Å². The highest BCUT2D eigenvalue weighted by atomic mass is 35.5. The maximum absolute atomic E-state index is 12.7. The molecule has 138 valence electrons. The lowest BCUT2D eigenvalue weighted by atomic mass is 9.74. The molecule has 2 aromatic carbocycles. The first kappa shape index (κ1) is 18.7. The second-order valence-corrected chi connectivity index (χ2v) is 6.98. The number of carbonyl (C=O) groups is 1. The second-order valence-electron chi connectivity index (χ2n) is 6.54. The van der Waals surface area contributed by atoms with E-state index in [0.29, 0.717) is 42.7 Å². The summed E-state index contributed by atoms with van der Waals surface area (Å²) < 4.78 is 11.0. The highest BCUT2D eigenvalue weighted by molar-refractivity contribution is 6.30. The van der Waals surface area contributed by atoms with Gasteiger partial charge in [-0.3, -0.25) is 4.79 Å². The zero-order valence-electron chi connectivity index (χ0n) is 15.0. The highest BCUT2D eigenvalue weighted by Gasteiger charge is 2.34. The first-order valence-electron chi connectivity index (χ1n) is 8.98. The van der Waals surface area contributed by atoms with E-state index in [4.69, 9.17) is 21.1 Å². The molecule has 5 heteroatoms. The fraction of sp³-hybridized carbons (Fsp3) is 0.381. The maximum Gasteiger partial charge on any atom is 0.251 e. The van der Waals surface area contributed by atoms with Crippen molar-refractivity contribution < 1.29 is 14.3 Å². The summed E-state index contributed by atoms with van der Waals surface area (Å²) in [5.74, 6) is 0.616. The van der Waals surface area contributed by atoms with Gasteiger partial charge >= 0.3 is 0 Å². The van der Waals surface area contributed by atoms with Gasteiger partial charge in [-0.05, 0) is 55.7 Å². The molecule has 0 atom stereocenters. The van der Waals surface area contributed by atoms with E-state index in [-0.39, 0.29) is 11.3 Å². The van der Waals surface area contributed by atoms with Crippen LogP contribution in [0.15, 0.2) is 48.5 Å². The molecular weight excluding hydrogens is 350 g/mol. The van der Waals surface area contributed by atoms with Crippen molar-refractivity contribution in [2.75, 3.05) is 26.4 Å². The zero-order chi connectivity index (χ0) is 18.4. The number of rotatable bonds is 6. The molecule has 1 N–H and O–H groups in total. The Kier molecular flexibility index (Phi) is 6.17. The van der Waals surface area contributed by atoms with Crippen LogP contribution < -0.4 is 10.1 Å². The van der Waals surface area contributed by atoms with E-state index in [2.05, 4.69) is 17.4 Å². The minimum absolute atomic E-state index is 0.0913. The fourth-order valence-corrected chi connectivity index (χ4v) is 3.50. The Hall–Kier alpha value is -2.04. The van der Waals surface area contributed by atoms with Crippen molar-refractivity contribution in [2.45, 2.75) is 25.2 Å². The molecule has 0 aliphatic carbocycles. The third-order valence-electron chi connectivity index (χ3n) is 4.90. The van der Waals surface area contributed by atoms with Gasteiger partial charge in [0.05, 0.1) is 6.61 Å². The van der Waals surface area contributed by atoms with E-state index in [9.17, 15) is 4.79 Å². The molecule has 0 unspecified atom stereocenters. The lowest BCUT2D eigenvalue weighted by Gasteiger charge is -2.38. The second kappa shape index (κ2) is 8.56. The van der Waals surface area contributed by atoms with Crippen LogP contribution in [-0.4, -0.2) is 32.3 Å². The molecule has 3 rings (SSSR count). The summed E-state index contributed by atoms with van der Waals surface area (Å²) in [6.07, 6.45) is 1.74. The molecule has 1 saturated heterocycles.